The van der Waals surface area contributed by atoms with E-state index in [2.05, 4.69) is 43.1 Å². The van der Waals surface area contributed by atoms with Crippen LogP contribution in [0.2, 0.25) is 0 Å². The third-order valence-corrected chi connectivity index (χ3v) is 3.54. The first-order chi connectivity index (χ1) is 6.79. The van der Waals surface area contributed by atoms with E-state index in [4.69, 9.17) is 0 Å². The van der Waals surface area contributed by atoms with Crippen LogP contribution in [0.4, 0.5) is 0 Å². The van der Waals surface area contributed by atoms with E-state index in [1.165, 1.54) is 16.0 Å². The van der Waals surface area contributed by atoms with Crippen LogP contribution in [-0.2, 0) is 6.42 Å². The van der Waals surface area contributed by atoms with Gasteiger partial charge in [0.15, 0.2) is 0 Å². The van der Waals surface area contributed by atoms with Crippen molar-refractivity contribution in [3.05, 3.63) is 41.3 Å². The third kappa shape index (κ3) is 2.02. The van der Waals surface area contributed by atoms with Gasteiger partial charge in [-0.25, -0.2) is 0 Å². The van der Waals surface area contributed by atoms with Crippen LogP contribution in [0.15, 0.2) is 40.6 Å². The second kappa shape index (κ2) is 4.20. The highest BCUT2D eigenvalue weighted by molar-refractivity contribution is 7.80. The first-order valence-electron chi connectivity index (χ1n) is 4.66. The Kier molecular flexibility index (Phi) is 2.94. The number of hydrogen-bond acceptors (Lipinski definition) is 2. The van der Waals surface area contributed by atoms with Crippen LogP contribution in [0, 0.1) is 0 Å². The number of rotatable bonds is 2. The minimum atomic E-state index is 1.01. The lowest BCUT2D eigenvalue weighted by Crippen LogP contribution is -1.73. The average molecular weight is 220 g/mol. The molecule has 1 aromatic heterocycles. The second-order valence-corrected chi connectivity index (χ2v) is 4.65. The van der Waals surface area contributed by atoms with Gasteiger partial charge in [-0.05, 0) is 41.1 Å². The fourth-order valence-corrected chi connectivity index (χ4v) is 2.49. The van der Waals surface area contributed by atoms with Gasteiger partial charge in [0.1, 0.15) is 0 Å². The van der Waals surface area contributed by atoms with Gasteiger partial charge in [-0.3, -0.25) is 0 Å². The maximum Gasteiger partial charge on any atom is 0.0345 e. The SMILES string of the molecule is CCc1csc(-c2ccc(S)cc2)c1. The summed E-state index contributed by atoms with van der Waals surface area (Å²) in [5.41, 5.74) is 2.70. The van der Waals surface area contributed by atoms with Crippen LogP contribution in [0.1, 0.15) is 12.5 Å². The van der Waals surface area contributed by atoms with Crippen molar-refractivity contribution >= 4 is 24.0 Å². The highest BCUT2D eigenvalue weighted by Gasteiger charge is 2.00. The lowest BCUT2D eigenvalue weighted by atomic mass is 10.1. The summed E-state index contributed by atoms with van der Waals surface area (Å²) in [5, 5.41) is 2.23. The summed E-state index contributed by atoms with van der Waals surface area (Å²) in [6, 6.07) is 10.6. The molecule has 72 valence electrons. The van der Waals surface area contributed by atoms with Crippen LogP contribution in [-0.4, -0.2) is 0 Å². The van der Waals surface area contributed by atoms with Gasteiger partial charge < -0.3 is 0 Å². The van der Waals surface area contributed by atoms with Crippen molar-refractivity contribution < 1.29 is 0 Å². The molecular weight excluding hydrogens is 208 g/mol. The Labute approximate surface area is 94.0 Å². The number of hydrogen-bond donors (Lipinski definition) is 1. The molecule has 14 heavy (non-hydrogen) atoms. The van der Waals surface area contributed by atoms with E-state index in [1.807, 2.05) is 23.5 Å². The van der Waals surface area contributed by atoms with Crippen molar-refractivity contribution in [2.75, 3.05) is 0 Å². The minimum absolute atomic E-state index is 1.01. The molecule has 1 aromatic carbocycles. The maximum absolute atomic E-state index is 4.27. The minimum Gasteiger partial charge on any atom is -0.144 e. The van der Waals surface area contributed by atoms with Crippen LogP contribution in [0.25, 0.3) is 10.4 Å². The smallest absolute Gasteiger partial charge is 0.0345 e. The second-order valence-electron chi connectivity index (χ2n) is 3.22. The first kappa shape index (κ1) is 9.81. The van der Waals surface area contributed by atoms with E-state index >= 15 is 0 Å². The molecule has 0 bridgehead atoms. The summed E-state index contributed by atoms with van der Waals surface area (Å²) < 4.78 is 0. The molecule has 0 aliphatic carbocycles. The monoisotopic (exact) mass is 220 g/mol. The summed E-state index contributed by atoms with van der Waals surface area (Å²) in [5.74, 6) is 0. The van der Waals surface area contributed by atoms with E-state index in [1.54, 1.807) is 0 Å². The lowest BCUT2D eigenvalue weighted by molar-refractivity contribution is 1.16. The lowest BCUT2D eigenvalue weighted by Gasteiger charge is -1.96. The van der Waals surface area contributed by atoms with E-state index < -0.39 is 0 Å². The zero-order valence-corrected chi connectivity index (χ0v) is 9.74. The zero-order valence-electron chi connectivity index (χ0n) is 8.03. The molecule has 2 heteroatoms. The Morgan fingerprint density at radius 1 is 1.21 bits per heavy atom. The van der Waals surface area contributed by atoms with Crippen molar-refractivity contribution in [3.63, 3.8) is 0 Å². The average Bonchev–Trinajstić information content (AvgIpc) is 2.67. The standard InChI is InChI=1S/C12H12S2/c1-2-9-7-12(14-8-9)10-3-5-11(13)6-4-10/h3-8,13H,2H2,1H3. The fourth-order valence-electron chi connectivity index (χ4n) is 1.34. The van der Waals surface area contributed by atoms with Gasteiger partial charge >= 0.3 is 0 Å². The van der Waals surface area contributed by atoms with Gasteiger partial charge in [-0.15, -0.1) is 24.0 Å². The predicted octanol–water partition coefficient (Wildman–Crippen LogP) is 4.27. The van der Waals surface area contributed by atoms with E-state index in [0.29, 0.717) is 0 Å². The van der Waals surface area contributed by atoms with Crippen LogP contribution < -0.4 is 0 Å². The van der Waals surface area contributed by atoms with Crippen molar-refractivity contribution in [2.45, 2.75) is 18.2 Å². The number of thiophene rings is 1. The van der Waals surface area contributed by atoms with Crippen molar-refractivity contribution in [1.82, 2.24) is 0 Å². The molecule has 0 saturated heterocycles. The van der Waals surface area contributed by atoms with Crippen LogP contribution in [0.5, 0.6) is 0 Å². The number of thiol groups is 1. The summed E-state index contributed by atoms with van der Waals surface area (Å²) in [6.07, 6.45) is 1.11. The normalized spacial score (nSPS) is 10.4. The molecule has 0 N–H and O–H groups in total. The van der Waals surface area contributed by atoms with Gasteiger partial charge in [0.2, 0.25) is 0 Å². The van der Waals surface area contributed by atoms with Gasteiger partial charge in [-0.2, -0.15) is 0 Å². The molecule has 0 saturated carbocycles. The van der Waals surface area contributed by atoms with Crippen molar-refractivity contribution in [3.8, 4) is 10.4 Å². The van der Waals surface area contributed by atoms with Gasteiger partial charge in [0, 0.05) is 9.77 Å². The molecule has 0 amide bonds. The third-order valence-electron chi connectivity index (χ3n) is 2.21. The quantitative estimate of drug-likeness (QED) is 0.718. The van der Waals surface area contributed by atoms with Crippen molar-refractivity contribution in [2.24, 2.45) is 0 Å². The zero-order chi connectivity index (χ0) is 9.97. The Bertz CT molecular complexity index is 412. The first-order valence-corrected chi connectivity index (χ1v) is 5.99. The molecule has 2 rings (SSSR count). The Morgan fingerprint density at radius 2 is 1.93 bits per heavy atom. The van der Waals surface area contributed by atoms with Crippen LogP contribution >= 0.6 is 24.0 Å². The topological polar surface area (TPSA) is 0 Å². The maximum atomic E-state index is 4.27. The number of aryl methyl sites for hydroxylation is 1. The van der Waals surface area contributed by atoms with Gasteiger partial charge in [0.25, 0.3) is 0 Å². The van der Waals surface area contributed by atoms with E-state index in [9.17, 15) is 0 Å². The molecule has 0 aliphatic rings. The molecule has 0 spiro atoms. The summed E-state index contributed by atoms with van der Waals surface area (Å²) in [6.45, 7) is 2.18. The van der Waals surface area contributed by atoms with E-state index in [0.717, 1.165) is 11.3 Å². The Morgan fingerprint density at radius 3 is 2.50 bits per heavy atom. The number of benzene rings is 1. The molecule has 0 aliphatic heterocycles. The van der Waals surface area contributed by atoms with Crippen molar-refractivity contribution in [1.29, 1.82) is 0 Å². The molecule has 0 nitrogen and oxygen atoms in total. The Balaban J connectivity index is 2.34. The van der Waals surface area contributed by atoms with E-state index in [-0.39, 0.29) is 0 Å². The molecule has 0 radical (unpaired) electrons. The van der Waals surface area contributed by atoms with Gasteiger partial charge in [-0.1, -0.05) is 19.1 Å². The highest BCUT2D eigenvalue weighted by Crippen LogP contribution is 2.27. The molecule has 0 atom stereocenters. The molecule has 2 aromatic rings. The largest absolute Gasteiger partial charge is 0.144 e. The summed E-state index contributed by atoms with van der Waals surface area (Å²) in [7, 11) is 0. The molecule has 1 heterocycles. The highest BCUT2D eigenvalue weighted by atomic mass is 32.1. The molecular formula is C12H12S2. The summed E-state index contributed by atoms with van der Waals surface area (Å²) in [4.78, 5) is 2.36. The molecule has 0 fully saturated rings. The predicted molar refractivity (Wildman–Crippen MR) is 66.4 cm³/mol. The molecule has 0 unspecified atom stereocenters. The summed E-state index contributed by atoms with van der Waals surface area (Å²) >= 11 is 6.08. The van der Waals surface area contributed by atoms with Crippen LogP contribution in [0.3, 0.4) is 0 Å². The van der Waals surface area contributed by atoms with Gasteiger partial charge in [0.05, 0.1) is 0 Å². The fraction of sp³-hybridized carbons (Fsp3) is 0.167. The Hall–Kier alpha value is -0.730.